The molecule has 3 aromatic rings. The summed E-state index contributed by atoms with van der Waals surface area (Å²) in [6, 6.07) is 26.0. The Labute approximate surface area is 142 Å². The summed E-state index contributed by atoms with van der Waals surface area (Å²) in [6.07, 6.45) is 1.26. The van der Waals surface area contributed by atoms with E-state index in [2.05, 4.69) is 36.4 Å². The molecule has 2 heteroatoms. The zero-order valence-corrected chi connectivity index (χ0v) is 13.7. The lowest BCUT2D eigenvalue weighted by Crippen LogP contribution is -2.01. The van der Waals surface area contributed by atoms with Crippen molar-refractivity contribution in [3.63, 3.8) is 0 Å². The quantitative estimate of drug-likeness (QED) is 0.586. The van der Waals surface area contributed by atoms with Crippen LogP contribution in [0.15, 0.2) is 78.9 Å². The lowest BCUT2D eigenvalue weighted by Gasteiger charge is -2.05. The summed E-state index contributed by atoms with van der Waals surface area (Å²) in [5.41, 5.74) is 4.31. The van der Waals surface area contributed by atoms with Crippen LogP contribution in [0.5, 0.6) is 5.75 Å². The molecule has 0 bridgehead atoms. The molecule has 0 amide bonds. The molecule has 3 rings (SSSR count). The van der Waals surface area contributed by atoms with Crippen LogP contribution in [0.25, 0.3) is 11.1 Å². The normalized spacial score (nSPS) is 10.4. The predicted octanol–water partition coefficient (Wildman–Crippen LogP) is 5.18. The van der Waals surface area contributed by atoms with Gasteiger partial charge in [0, 0.05) is 12.0 Å². The molecular weight excluding hydrogens is 296 g/mol. The Balaban J connectivity index is 1.61. The van der Waals surface area contributed by atoms with Crippen molar-refractivity contribution >= 4 is 5.78 Å². The third-order valence-corrected chi connectivity index (χ3v) is 4.11. The minimum absolute atomic E-state index is 0.157. The Hall–Kier alpha value is -2.87. The van der Waals surface area contributed by atoms with Gasteiger partial charge in [0.25, 0.3) is 0 Å². The Kier molecular flexibility index (Phi) is 5.07. The van der Waals surface area contributed by atoms with Crippen LogP contribution in [0.2, 0.25) is 0 Å². The second-order valence-corrected chi connectivity index (χ2v) is 5.71. The van der Waals surface area contributed by atoms with E-state index in [-0.39, 0.29) is 5.78 Å². The molecule has 0 heterocycles. The predicted molar refractivity (Wildman–Crippen MR) is 97.5 cm³/mol. The van der Waals surface area contributed by atoms with E-state index in [0.29, 0.717) is 6.42 Å². The number of ketones is 1. The summed E-state index contributed by atoms with van der Waals surface area (Å²) in [5.74, 6) is 0.924. The number of Topliss-reactive ketones (excluding diaryl/α,β-unsaturated/α-hetero) is 1. The number of hydrogen-bond acceptors (Lipinski definition) is 2. The number of benzene rings is 3. The topological polar surface area (TPSA) is 26.3 Å². The molecule has 0 saturated heterocycles. The van der Waals surface area contributed by atoms with Crippen LogP contribution < -0.4 is 4.74 Å². The minimum Gasteiger partial charge on any atom is -0.497 e. The molecule has 0 radical (unpaired) electrons. The van der Waals surface area contributed by atoms with Gasteiger partial charge in [0.2, 0.25) is 0 Å². The van der Waals surface area contributed by atoms with E-state index in [4.69, 9.17) is 4.74 Å². The summed E-state index contributed by atoms with van der Waals surface area (Å²) in [4.78, 5) is 12.3. The van der Waals surface area contributed by atoms with Gasteiger partial charge in [-0.3, -0.25) is 4.79 Å². The van der Waals surface area contributed by atoms with Crippen molar-refractivity contribution in [1.29, 1.82) is 0 Å². The van der Waals surface area contributed by atoms with Gasteiger partial charge < -0.3 is 4.74 Å². The molecule has 0 fully saturated rings. The zero-order valence-electron chi connectivity index (χ0n) is 13.7. The molecule has 0 aromatic heterocycles. The number of hydrogen-bond donors (Lipinski definition) is 0. The fourth-order valence-electron chi connectivity index (χ4n) is 2.67. The van der Waals surface area contributed by atoms with Gasteiger partial charge in [-0.25, -0.2) is 0 Å². The number of carbonyl (C=O) groups excluding carboxylic acids is 1. The zero-order chi connectivity index (χ0) is 16.8. The van der Waals surface area contributed by atoms with Crippen LogP contribution in [0, 0.1) is 0 Å². The van der Waals surface area contributed by atoms with E-state index in [1.165, 1.54) is 16.7 Å². The van der Waals surface area contributed by atoms with Gasteiger partial charge in [0.15, 0.2) is 5.78 Å². The Morgan fingerprint density at radius 2 is 1.42 bits per heavy atom. The van der Waals surface area contributed by atoms with E-state index in [1.807, 2.05) is 42.5 Å². The molecule has 0 spiro atoms. The molecule has 3 aromatic carbocycles. The van der Waals surface area contributed by atoms with Crippen molar-refractivity contribution in [2.24, 2.45) is 0 Å². The number of rotatable bonds is 6. The van der Waals surface area contributed by atoms with E-state index >= 15 is 0 Å². The Bertz CT molecular complexity index is 788. The van der Waals surface area contributed by atoms with Crippen molar-refractivity contribution < 1.29 is 9.53 Å². The van der Waals surface area contributed by atoms with Crippen molar-refractivity contribution in [2.75, 3.05) is 7.11 Å². The molecule has 2 nitrogen and oxygen atoms in total. The molecule has 0 atom stereocenters. The minimum atomic E-state index is 0.157. The molecule has 120 valence electrons. The summed E-state index contributed by atoms with van der Waals surface area (Å²) >= 11 is 0. The van der Waals surface area contributed by atoms with Gasteiger partial charge >= 0.3 is 0 Å². The van der Waals surface area contributed by atoms with Crippen molar-refractivity contribution in [3.8, 4) is 16.9 Å². The third-order valence-electron chi connectivity index (χ3n) is 4.11. The number of carbonyl (C=O) groups is 1. The van der Waals surface area contributed by atoms with Gasteiger partial charge in [-0.05, 0) is 47.4 Å². The van der Waals surface area contributed by atoms with Crippen LogP contribution in [0.1, 0.15) is 22.3 Å². The standard InChI is InChI=1S/C22H20O2/c1-24-21-14-12-20(13-15-21)22(23)16-9-17-7-10-19(11-8-17)18-5-3-2-4-6-18/h2-8,10-15H,9,16H2,1H3. The second kappa shape index (κ2) is 7.60. The maximum atomic E-state index is 12.3. The highest BCUT2D eigenvalue weighted by Gasteiger charge is 2.07. The molecule has 0 aliphatic carbocycles. The Morgan fingerprint density at radius 3 is 2.04 bits per heavy atom. The van der Waals surface area contributed by atoms with E-state index in [1.54, 1.807) is 7.11 Å². The summed E-state index contributed by atoms with van der Waals surface area (Å²) < 4.78 is 5.11. The highest BCUT2D eigenvalue weighted by atomic mass is 16.5. The van der Waals surface area contributed by atoms with Gasteiger partial charge in [-0.1, -0.05) is 54.6 Å². The number of aryl methyl sites for hydroxylation is 1. The highest BCUT2D eigenvalue weighted by Crippen LogP contribution is 2.20. The first-order chi connectivity index (χ1) is 11.8. The molecule has 0 aliphatic heterocycles. The van der Waals surface area contributed by atoms with Crippen molar-refractivity contribution in [2.45, 2.75) is 12.8 Å². The molecule has 0 saturated carbocycles. The maximum Gasteiger partial charge on any atom is 0.163 e. The van der Waals surface area contributed by atoms with Gasteiger partial charge in [-0.15, -0.1) is 0 Å². The molecule has 0 aliphatic rings. The SMILES string of the molecule is COc1ccc(C(=O)CCc2ccc(-c3ccccc3)cc2)cc1. The summed E-state index contributed by atoms with van der Waals surface area (Å²) in [7, 11) is 1.62. The number of ether oxygens (including phenoxy) is 1. The van der Waals surface area contributed by atoms with Crippen molar-refractivity contribution in [1.82, 2.24) is 0 Å². The fourth-order valence-corrected chi connectivity index (χ4v) is 2.67. The first kappa shape index (κ1) is 16.0. The maximum absolute atomic E-state index is 12.3. The van der Waals surface area contributed by atoms with E-state index in [9.17, 15) is 4.79 Å². The fraction of sp³-hybridized carbons (Fsp3) is 0.136. The molecule has 0 unspecified atom stereocenters. The summed E-state index contributed by atoms with van der Waals surface area (Å²) in [6.45, 7) is 0. The van der Waals surface area contributed by atoms with Crippen LogP contribution in [-0.2, 0) is 6.42 Å². The van der Waals surface area contributed by atoms with Crippen LogP contribution >= 0.6 is 0 Å². The van der Waals surface area contributed by atoms with Crippen LogP contribution in [0.4, 0.5) is 0 Å². The number of methoxy groups -OCH3 is 1. The first-order valence-corrected chi connectivity index (χ1v) is 8.08. The third kappa shape index (κ3) is 3.90. The monoisotopic (exact) mass is 316 g/mol. The molecular formula is C22H20O2. The largest absolute Gasteiger partial charge is 0.497 e. The van der Waals surface area contributed by atoms with E-state index in [0.717, 1.165) is 17.7 Å². The first-order valence-electron chi connectivity index (χ1n) is 8.08. The average molecular weight is 316 g/mol. The second-order valence-electron chi connectivity index (χ2n) is 5.71. The average Bonchev–Trinajstić information content (AvgIpc) is 2.67. The van der Waals surface area contributed by atoms with Crippen LogP contribution in [0.3, 0.4) is 0 Å². The van der Waals surface area contributed by atoms with Gasteiger partial charge in [0.05, 0.1) is 7.11 Å². The lowest BCUT2D eigenvalue weighted by atomic mass is 10.00. The van der Waals surface area contributed by atoms with Gasteiger partial charge in [-0.2, -0.15) is 0 Å². The van der Waals surface area contributed by atoms with Gasteiger partial charge in [0.1, 0.15) is 5.75 Å². The highest BCUT2D eigenvalue weighted by molar-refractivity contribution is 5.96. The van der Waals surface area contributed by atoms with Crippen LogP contribution in [-0.4, -0.2) is 12.9 Å². The summed E-state index contributed by atoms with van der Waals surface area (Å²) in [5, 5.41) is 0. The smallest absolute Gasteiger partial charge is 0.163 e. The molecule has 24 heavy (non-hydrogen) atoms. The lowest BCUT2D eigenvalue weighted by molar-refractivity contribution is 0.0983. The van der Waals surface area contributed by atoms with E-state index < -0.39 is 0 Å². The van der Waals surface area contributed by atoms with Crippen molar-refractivity contribution in [3.05, 3.63) is 90.0 Å². The molecule has 0 N–H and O–H groups in total. The Morgan fingerprint density at radius 1 is 0.792 bits per heavy atom.